The minimum Gasteiger partial charge on any atom is -0.463 e. The monoisotopic (exact) mass is 435 g/mol. The molecule has 3 aliphatic rings. The molecule has 1 aromatic carbocycles. The van der Waals surface area contributed by atoms with Gasteiger partial charge in [0, 0.05) is 43.2 Å². The number of ether oxygens (including phenoxy) is 3. The number of carbonyl (C=O) groups excluding carboxylic acids is 2. The Morgan fingerprint density at radius 1 is 1.23 bits per heavy atom. The van der Waals surface area contributed by atoms with Crippen molar-refractivity contribution in [2.24, 2.45) is 0 Å². The predicted molar refractivity (Wildman–Crippen MR) is 110 cm³/mol. The predicted octanol–water partition coefficient (Wildman–Crippen LogP) is 2.35. The first-order valence-electron chi connectivity index (χ1n) is 10.2. The number of likely N-dealkylation sites (tertiary alicyclic amines) is 1. The molecule has 0 saturated carbocycles. The Kier molecular flexibility index (Phi) is 6.29. The summed E-state index contributed by atoms with van der Waals surface area (Å²) in [6.07, 6.45) is 1.50. The van der Waals surface area contributed by atoms with Gasteiger partial charge in [-0.25, -0.2) is 9.59 Å². The van der Waals surface area contributed by atoms with Crippen LogP contribution >= 0.6 is 11.6 Å². The summed E-state index contributed by atoms with van der Waals surface area (Å²) in [4.78, 5) is 27.4. The first-order valence-corrected chi connectivity index (χ1v) is 10.6. The fourth-order valence-corrected chi connectivity index (χ4v) is 4.28. The van der Waals surface area contributed by atoms with Crippen molar-refractivity contribution in [2.45, 2.75) is 31.6 Å². The summed E-state index contributed by atoms with van der Waals surface area (Å²) in [5.74, 6) is -0.922. The zero-order valence-corrected chi connectivity index (χ0v) is 17.7. The second-order valence-electron chi connectivity index (χ2n) is 7.58. The standard InChI is InChI=1S/C21H26ClN3O5/c1-2-28-19(26)17-16(13-25-9-7-21(8-10-25)29-11-12-30-21)23-20(27)24-18(17)14-3-5-15(22)6-4-14/h3-6,18H,2,7-13H2,1H3,(H2,23,24,27)/t18-/m1/s1. The molecule has 2 fully saturated rings. The van der Waals surface area contributed by atoms with Crippen LogP contribution in [0.1, 0.15) is 31.4 Å². The molecule has 0 bridgehead atoms. The van der Waals surface area contributed by atoms with Gasteiger partial charge in [-0.05, 0) is 24.6 Å². The van der Waals surface area contributed by atoms with Gasteiger partial charge in [0.2, 0.25) is 0 Å². The summed E-state index contributed by atoms with van der Waals surface area (Å²) >= 11 is 6.01. The molecule has 0 aromatic heterocycles. The zero-order chi connectivity index (χ0) is 21.1. The van der Waals surface area contributed by atoms with Crippen LogP contribution in [-0.4, -0.2) is 62.1 Å². The van der Waals surface area contributed by atoms with Crippen molar-refractivity contribution in [1.82, 2.24) is 15.5 Å². The maximum absolute atomic E-state index is 12.9. The van der Waals surface area contributed by atoms with Crippen molar-refractivity contribution in [2.75, 3.05) is 39.5 Å². The number of piperidine rings is 1. The maximum Gasteiger partial charge on any atom is 0.338 e. The van der Waals surface area contributed by atoms with Crippen LogP contribution in [0.5, 0.6) is 0 Å². The molecule has 2 saturated heterocycles. The minimum atomic E-state index is -0.609. The fourth-order valence-electron chi connectivity index (χ4n) is 4.16. The SMILES string of the molecule is CCOC(=O)C1=C(CN2CCC3(CC2)OCCO3)NC(=O)N[C@@H]1c1ccc(Cl)cc1. The molecule has 8 nitrogen and oxygen atoms in total. The van der Waals surface area contributed by atoms with E-state index in [0.717, 1.165) is 31.5 Å². The van der Waals surface area contributed by atoms with Gasteiger partial charge in [0.05, 0.1) is 31.4 Å². The highest BCUT2D eigenvalue weighted by Crippen LogP contribution is 2.33. The molecule has 0 radical (unpaired) electrons. The molecule has 9 heteroatoms. The maximum atomic E-state index is 12.9. The van der Waals surface area contributed by atoms with Gasteiger partial charge in [-0.3, -0.25) is 4.90 Å². The van der Waals surface area contributed by atoms with Gasteiger partial charge >= 0.3 is 12.0 Å². The van der Waals surface area contributed by atoms with Crippen molar-refractivity contribution < 1.29 is 23.8 Å². The van der Waals surface area contributed by atoms with Gasteiger partial charge < -0.3 is 24.8 Å². The van der Waals surface area contributed by atoms with E-state index in [1.807, 2.05) is 0 Å². The molecule has 2 amide bonds. The summed E-state index contributed by atoms with van der Waals surface area (Å²) in [5.41, 5.74) is 1.73. The zero-order valence-electron chi connectivity index (χ0n) is 16.9. The van der Waals surface area contributed by atoms with Crippen molar-refractivity contribution >= 4 is 23.6 Å². The molecule has 3 heterocycles. The van der Waals surface area contributed by atoms with Crippen LogP contribution in [0, 0.1) is 0 Å². The van der Waals surface area contributed by atoms with Crippen LogP contribution in [-0.2, 0) is 19.0 Å². The van der Waals surface area contributed by atoms with E-state index in [0.29, 0.717) is 36.1 Å². The van der Waals surface area contributed by atoms with Crippen molar-refractivity contribution in [3.8, 4) is 0 Å². The molecular formula is C21H26ClN3O5. The first kappa shape index (κ1) is 21.1. The van der Waals surface area contributed by atoms with E-state index in [4.69, 9.17) is 25.8 Å². The molecule has 30 heavy (non-hydrogen) atoms. The Bertz CT molecular complexity index is 826. The van der Waals surface area contributed by atoms with E-state index in [1.54, 1.807) is 31.2 Å². The molecule has 162 valence electrons. The third-order valence-electron chi connectivity index (χ3n) is 5.67. The van der Waals surface area contributed by atoms with Crippen LogP contribution in [0.2, 0.25) is 5.02 Å². The topological polar surface area (TPSA) is 89.1 Å². The second-order valence-corrected chi connectivity index (χ2v) is 8.02. The highest BCUT2D eigenvalue weighted by atomic mass is 35.5. The molecule has 1 spiro atoms. The molecule has 2 N–H and O–H groups in total. The Hall–Kier alpha value is -2.13. The molecule has 3 aliphatic heterocycles. The van der Waals surface area contributed by atoms with E-state index >= 15 is 0 Å². The highest BCUT2D eigenvalue weighted by Gasteiger charge is 2.41. The second kappa shape index (κ2) is 8.93. The van der Waals surface area contributed by atoms with Crippen LogP contribution in [0.3, 0.4) is 0 Å². The van der Waals surface area contributed by atoms with Crippen LogP contribution in [0.15, 0.2) is 35.5 Å². The molecule has 4 rings (SSSR count). The number of amides is 2. The number of urea groups is 1. The van der Waals surface area contributed by atoms with E-state index < -0.39 is 17.8 Å². The minimum absolute atomic E-state index is 0.248. The van der Waals surface area contributed by atoms with Gasteiger partial charge in [0.1, 0.15) is 0 Å². The summed E-state index contributed by atoms with van der Waals surface area (Å²) in [6, 6.07) is 6.11. The molecule has 0 unspecified atom stereocenters. The number of nitrogens with one attached hydrogen (secondary N) is 2. The van der Waals surface area contributed by atoms with Gasteiger partial charge in [-0.1, -0.05) is 23.7 Å². The van der Waals surface area contributed by atoms with Crippen LogP contribution in [0.4, 0.5) is 4.79 Å². The van der Waals surface area contributed by atoms with Crippen molar-refractivity contribution in [3.05, 3.63) is 46.1 Å². The smallest absolute Gasteiger partial charge is 0.338 e. The van der Waals surface area contributed by atoms with Crippen molar-refractivity contribution in [1.29, 1.82) is 0 Å². The van der Waals surface area contributed by atoms with E-state index in [1.165, 1.54) is 0 Å². The fraction of sp³-hybridized carbons (Fsp3) is 0.524. The Morgan fingerprint density at radius 2 is 1.90 bits per heavy atom. The third kappa shape index (κ3) is 4.46. The summed E-state index contributed by atoms with van der Waals surface area (Å²) < 4.78 is 16.9. The largest absolute Gasteiger partial charge is 0.463 e. The summed E-state index contributed by atoms with van der Waals surface area (Å²) in [7, 11) is 0. The number of hydrogen-bond donors (Lipinski definition) is 2. The third-order valence-corrected chi connectivity index (χ3v) is 5.92. The molecule has 0 aliphatic carbocycles. The lowest BCUT2D eigenvalue weighted by molar-refractivity contribution is -0.184. The average molecular weight is 436 g/mol. The quantitative estimate of drug-likeness (QED) is 0.690. The number of halogens is 1. The average Bonchev–Trinajstić information content (AvgIpc) is 3.18. The number of benzene rings is 1. The summed E-state index contributed by atoms with van der Waals surface area (Å²) in [6.45, 7) is 5.18. The Labute approximate surface area is 180 Å². The molecule has 1 aromatic rings. The number of nitrogens with zero attached hydrogens (tertiary/aromatic N) is 1. The number of carbonyl (C=O) groups is 2. The number of rotatable bonds is 5. The van der Waals surface area contributed by atoms with E-state index in [2.05, 4.69) is 15.5 Å². The van der Waals surface area contributed by atoms with Crippen LogP contribution < -0.4 is 10.6 Å². The van der Waals surface area contributed by atoms with Crippen LogP contribution in [0.25, 0.3) is 0 Å². The Balaban J connectivity index is 1.59. The lowest BCUT2D eigenvalue weighted by atomic mass is 9.94. The molecule has 1 atom stereocenters. The number of hydrogen-bond acceptors (Lipinski definition) is 6. The Morgan fingerprint density at radius 3 is 2.53 bits per heavy atom. The van der Waals surface area contributed by atoms with Gasteiger partial charge in [-0.15, -0.1) is 0 Å². The van der Waals surface area contributed by atoms with Crippen molar-refractivity contribution in [3.63, 3.8) is 0 Å². The summed E-state index contributed by atoms with van der Waals surface area (Å²) in [5, 5.41) is 6.24. The van der Waals surface area contributed by atoms with Gasteiger partial charge in [-0.2, -0.15) is 0 Å². The lowest BCUT2D eigenvalue weighted by Crippen LogP contribution is -2.51. The lowest BCUT2D eigenvalue weighted by Gasteiger charge is -2.39. The van der Waals surface area contributed by atoms with Gasteiger partial charge in [0.15, 0.2) is 5.79 Å². The first-order chi connectivity index (χ1) is 14.5. The van der Waals surface area contributed by atoms with E-state index in [-0.39, 0.29) is 12.6 Å². The highest BCUT2D eigenvalue weighted by molar-refractivity contribution is 6.30. The number of esters is 1. The van der Waals surface area contributed by atoms with Gasteiger partial charge in [0.25, 0.3) is 0 Å². The normalized spacial score (nSPS) is 23.9. The van der Waals surface area contributed by atoms with E-state index in [9.17, 15) is 9.59 Å². The molecular weight excluding hydrogens is 410 g/mol.